The molecule has 1 aromatic heterocycles. The molecular weight excluding hydrogens is 238 g/mol. The molecule has 0 aliphatic heterocycles. The maximum atomic E-state index is 11.1. The first kappa shape index (κ1) is 14.0. The molecule has 4 nitrogen and oxygen atoms in total. The van der Waals surface area contributed by atoms with Crippen molar-refractivity contribution in [3.63, 3.8) is 0 Å². The number of hydrogen-bond donors (Lipinski definition) is 1. The van der Waals surface area contributed by atoms with Crippen LogP contribution >= 0.6 is 11.8 Å². The van der Waals surface area contributed by atoms with Gasteiger partial charge in [-0.2, -0.15) is 0 Å². The van der Waals surface area contributed by atoms with Crippen molar-refractivity contribution in [2.45, 2.75) is 38.3 Å². The molecule has 1 N–H and O–H groups in total. The number of nitrogens with zero attached hydrogens (tertiary/aromatic N) is 1. The van der Waals surface area contributed by atoms with Crippen molar-refractivity contribution >= 4 is 17.7 Å². The molecule has 0 aliphatic carbocycles. The lowest BCUT2D eigenvalue weighted by atomic mass is 10.1. The number of unbranched alkanes of at least 4 members (excludes halogenated alkanes) is 1. The number of thioether (sulfide) groups is 1. The molecule has 0 fully saturated rings. The number of aliphatic hydroxyl groups excluding tert-OH is 1. The third kappa shape index (κ3) is 3.71. The van der Waals surface area contributed by atoms with E-state index in [1.165, 1.54) is 11.8 Å². The quantitative estimate of drug-likeness (QED) is 0.608. The molecule has 1 rings (SSSR count). The average molecular weight is 254 g/mol. The van der Waals surface area contributed by atoms with Crippen LogP contribution in [0.1, 0.15) is 41.4 Å². The minimum Gasteiger partial charge on any atom is -0.545 e. The Balaban J connectivity index is 3.07. The number of aliphatic hydroxyl groups is 1. The van der Waals surface area contributed by atoms with Crippen molar-refractivity contribution in [1.29, 1.82) is 0 Å². The van der Waals surface area contributed by atoms with Crippen molar-refractivity contribution < 1.29 is 15.0 Å². The Morgan fingerprint density at radius 1 is 1.59 bits per heavy atom. The van der Waals surface area contributed by atoms with E-state index >= 15 is 0 Å². The molecular formula is C12H16NO3S-. The molecule has 17 heavy (non-hydrogen) atoms. The lowest BCUT2D eigenvalue weighted by molar-refractivity contribution is -0.255. The molecule has 0 amide bonds. The first-order chi connectivity index (χ1) is 8.10. The summed E-state index contributed by atoms with van der Waals surface area (Å²) in [7, 11) is 0. The van der Waals surface area contributed by atoms with Crippen LogP contribution in [0, 0.1) is 6.92 Å². The fourth-order valence-corrected chi connectivity index (χ4v) is 2.66. The zero-order valence-corrected chi connectivity index (χ0v) is 10.8. The average Bonchev–Trinajstić information content (AvgIpc) is 2.28. The van der Waals surface area contributed by atoms with Crippen LogP contribution in [-0.4, -0.2) is 21.8 Å². The third-order valence-electron chi connectivity index (χ3n) is 2.31. The van der Waals surface area contributed by atoms with Crippen LogP contribution in [0.2, 0.25) is 0 Å². The first-order valence-electron chi connectivity index (χ1n) is 5.55. The smallest absolute Gasteiger partial charge is 0.106 e. The molecule has 1 heterocycles. The molecule has 94 valence electrons. The van der Waals surface area contributed by atoms with Crippen molar-refractivity contribution in [3.05, 3.63) is 22.9 Å². The van der Waals surface area contributed by atoms with Crippen LogP contribution in [0.25, 0.3) is 0 Å². The van der Waals surface area contributed by atoms with E-state index in [4.69, 9.17) is 5.11 Å². The van der Waals surface area contributed by atoms with Gasteiger partial charge in [0.05, 0.1) is 12.6 Å². The van der Waals surface area contributed by atoms with E-state index in [1.54, 1.807) is 13.0 Å². The van der Waals surface area contributed by atoms with Gasteiger partial charge in [-0.05, 0) is 30.7 Å². The zero-order chi connectivity index (χ0) is 12.8. The molecule has 0 radical (unpaired) electrons. The van der Waals surface area contributed by atoms with Gasteiger partial charge >= 0.3 is 0 Å². The summed E-state index contributed by atoms with van der Waals surface area (Å²) >= 11 is 1.40. The van der Waals surface area contributed by atoms with Gasteiger partial charge in [-0.3, -0.25) is 0 Å². The van der Waals surface area contributed by atoms with E-state index in [0.29, 0.717) is 16.3 Å². The van der Waals surface area contributed by atoms with Crippen molar-refractivity contribution in [3.8, 4) is 0 Å². The summed E-state index contributed by atoms with van der Waals surface area (Å²) < 4.78 is 0. The first-order valence-corrected chi connectivity index (χ1v) is 6.54. The van der Waals surface area contributed by atoms with Crippen molar-refractivity contribution in [2.24, 2.45) is 0 Å². The highest BCUT2D eigenvalue weighted by Crippen LogP contribution is 2.25. The molecule has 1 aromatic rings. The topological polar surface area (TPSA) is 73.2 Å². The Bertz CT molecular complexity index is 407. The molecule has 0 spiro atoms. The Hall–Kier alpha value is -1.07. The fourth-order valence-electron chi connectivity index (χ4n) is 1.47. The SMILES string of the molecule is CCCCSc1nc(C)cc(CO)c1C(=O)[O-]. The van der Waals surface area contributed by atoms with E-state index < -0.39 is 5.97 Å². The molecule has 0 saturated heterocycles. The number of carbonyl (C=O) groups excluding carboxylic acids is 1. The Labute approximate surface area is 105 Å². The van der Waals surface area contributed by atoms with Gasteiger partial charge < -0.3 is 15.0 Å². The number of carboxylic acids is 1. The Morgan fingerprint density at radius 3 is 2.82 bits per heavy atom. The number of aromatic carboxylic acids is 1. The van der Waals surface area contributed by atoms with E-state index in [-0.39, 0.29) is 12.2 Å². The van der Waals surface area contributed by atoms with E-state index in [2.05, 4.69) is 11.9 Å². The predicted molar refractivity (Wildman–Crippen MR) is 64.9 cm³/mol. The van der Waals surface area contributed by atoms with Gasteiger partial charge in [-0.15, -0.1) is 11.8 Å². The third-order valence-corrected chi connectivity index (χ3v) is 3.37. The number of carboxylic acid groups (broad SMARTS) is 1. The van der Waals surface area contributed by atoms with Crippen LogP contribution in [0.3, 0.4) is 0 Å². The summed E-state index contributed by atoms with van der Waals surface area (Å²) in [5.41, 5.74) is 1.11. The minimum atomic E-state index is -1.28. The zero-order valence-electron chi connectivity index (χ0n) is 10.0. The second kappa shape index (κ2) is 6.61. The van der Waals surface area contributed by atoms with Gasteiger partial charge in [0.2, 0.25) is 0 Å². The summed E-state index contributed by atoms with van der Waals surface area (Å²) in [6, 6.07) is 1.58. The van der Waals surface area contributed by atoms with Gasteiger partial charge in [-0.25, -0.2) is 4.98 Å². The van der Waals surface area contributed by atoms with Gasteiger partial charge in [-0.1, -0.05) is 13.3 Å². The molecule has 0 aromatic carbocycles. The van der Waals surface area contributed by atoms with Gasteiger partial charge in [0.1, 0.15) is 5.03 Å². The highest BCUT2D eigenvalue weighted by atomic mass is 32.2. The summed E-state index contributed by atoms with van der Waals surface area (Å²) in [5, 5.41) is 20.7. The molecule has 0 unspecified atom stereocenters. The number of aryl methyl sites for hydroxylation is 1. The Morgan fingerprint density at radius 2 is 2.29 bits per heavy atom. The molecule has 0 aliphatic rings. The van der Waals surface area contributed by atoms with Crippen molar-refractivity contribution in [1.82, 2.24) is 4.98 Å². The fraction of sp³-hybridized carbons (Fsp3) is 0.500. The van der Waals surface area contributed by atoms with Crippen LogP contribution in [0.5, 0.6) is 0 Å². The number of rotatable bonds is 6. The second-order valence-corrected chi connectivity index (χ2v) is 4.83. The van der Waals surface area contributed by atoms with E-state index in [0.717, 1.165) is 18.6 Å². The normalized spacial score (nSPS) is 10.5. The molecule has 0 bridgehead atoms. The van der Waals surface area contributed by atoms with Crippen LogP contribution in [0.15, 0.2) is 11.1 Å². The number of carbonyl (C=O) groups is 1. The Kier molecular flexibility index (Phi) is 5.44. The summed E-state index contributed by atoms with van der Waals surface area (Å²) in [5.74, 6) is -0.460. The second-order valence-electron chi connectivity index (χ2n) is 3.75. The number of aromatic nitrogens is 1. The molecule has 0 saturated carbocycles. The van der Waals surface area contributed by atoms with Gasteiger partial charge in [0, 0.05) is 11.3 Å². The highest BCUT2D eigenvalue weighted by Gasteiger charge is 2.12. The van der Waals surface area contributed by atoms with Crippen molar-refractivity contribution in [2.75, 3.05) is 5.75 Å². The predicted octanol–water partition coefficient (Wildman–Crippen LogP) is 1.14. The van der Waals surface area contributed by atoms with Crippen LogP contribution in [-0.2, 0) is 6.61 Å². The summed E-state index contributed by atoms with van der Waals surface area (Å²) in [6.45, 7) is 3.54. The monoisotopic (exact) mass is 254 g/mol. The maximum absolute atomic E-state index is 11.1. The van der Waals surface area contributed by atoms with Crippen LogP contribution < -0.4 is 5.11 Å². The lowest BCUT2D eigenvalue weighted by Gasteiger charge is -2.14. The largest absolute Gasteiger partial charge is 0.545 e. The number of pyridine rings is 1. The summed E-state index contributed by atoms with van der Waals surface area (Å²) in [6.07, 6.45) is 2.05. The van der Waals surface area contributed by atoms with Gasteiger partial charge in [0.25, 0.3) is 0 Å². The molecule has 5 heteroatoms. The standard InChI is InChI=1S/C12H17NO3S/c1-3-4-5-17-11-10(12(15)16)9(7-14)6-8(2)13-11/h6,14H,3-5,7H2,1-2H3,(H,15,16)/p-1. The summed E-state index contributed by atoms with van der Waals surface area (Å²) in [4.78, 5) is 15.3. The lowest BCUT2D eigenvalue weighted by Crippen LogP contribution is -2.25. The minimum absolute atomic E-state index is 0.0270. The maximum Gasteiger partial charge on any atom is 0.106 e. The molecule has 0 atom stereocenters. The van der Waals surface area contributed by atoms with E-state index in [9.17, 15) is 9.90 Å². The highest BCUT2D eigenvalue weighted by molar-refractivity contribution is 7.99. The number of hydrogen-bond acceptors (Lipinski definition) is 5. The van der Waals surface area contributed by atoms with E-state index in [1.807, 2.05) is 0 Å². The van der Waals surface area contributed by atoms with Gasteiger partial charge in [0.15, 0.2) is 0 Å². The van der Waals surface area contributed by atoms with Crippen LogP contribution in [0.4, 0.5) is 0 Å².